The van der Waals surface area contributed by atoms with E-state index >= 15 is 0 Å². The van der Waals surface area contributed by atoms with Crippen LogP contribution in [-0.4, -0.2) is 45.7 Å². The van der Waals surface area contributed by atoms with Gasteiger partial charge in [0.1, 0.15) is 12.4 Å². The minimum absolute atomic E-state index is 0.000226. The molecule has 184 valence electrons. The maximum absolute atomic E-state index is 14.3. The van der Waals surface area contributed by atoms with E-state index in [1.165, 1.54) is 17.0 Å². The summed E-state index contributed by atoms with van der Waals surface area (Å²) in [7, 11) is 0. The van der Waals surface area contributed by atoms with Crippen molar-refractivity contribution in [3.05, 3.63) is 107 Å². The Morgan fingerprint density at radius 3 is 2.44 bits per heavy atom. The number of nitrogens with one attached hydrogen (secondary N) is 1. The van der Waals surface area contributed by atoms with Gasteiger partial charge >= 0.3 is 0 Å². The lowest BCUT2D eigenvalue weighted by atomic mass is 10.1. The lowest BCUT2D eigenvalue weighted by Gasteiger charge is -2.28. The number of aromatic nitrogens is 1. The second-order valence-electron chi connectivity index (χ2n) is 9.20. The molecule has 0 atom stereocenters. The fourth-order valence-electron chi connectivity index (χ4n) is 4.48. The Hall–Kier alpha value is -3.64. The molecule has 4 aromatic rings. The van der Waals surface area contributed by atoms with Gasteiger partial charge in [-0.15, -0.1) is 0 Å². The lowest BCUT2D eigenvalue weighted by Crippen LogP contribution is -2.44. The van der Waals surface area contributed by atoms with Crippen molar-refractivity contribution in [2.24, 2.45) is 0 Å². The third-order valence-electron chi connectivity index (χ3n) is 6.62. The van der Waals surface area contributed by atoms with Gasteiger partial charge in [0.05, 0.1) is 5.56 Å². The summed E-state index contributed by atoms with van der Waals surface area (Å²) in [5.74, 6) is -1.17. The molecule has 1 aliphatic rings. The van der Waals surface area contributed by atoms with Gasteiger partial charge in [-0.3, -0.25) is 9.59 Å². The number of hydrogen-bond donors (Lipinski definition) is 1. The normalized spacial score (nSPS) is 13.1. The predicted octanol–water partition coefficient (Wildman–Crippen LogP) is 5.84. The summed E-state index contributed by atoms with van der Waals surface area (Å²) in [5, 5.41) is 1.76. The summed E-state index contributed by atoms with van der Waals surface area (Å²) < 4.78 is 14.3. The number of para-hydroxylation sites is 1. The van der Waals surface area contributed by atoms with E-state index in [1.807, 2.05) is 36.5 Å². The molecule has 0 radical (unpaired) electrons. The zero-order chi connectivity index (χ0) is 25.1. The molecular weight excluding hydrogens is 477 g/mol. The van der Waals surface area contributed by atoms with Crippen LogP contribution in [0.5, 0.6) is 0 Å². The van der Waals surface area contributed by atoms with Crippen molar-refractivity contribution in [2.45, 2.75) is 31.8 Å². The molecule has 36 heavy (non-hydrogen) atoms. The van der Waals surface area contributed by atoms with Gasteiger partial charge in [0.15, 0.2) is 0 Å². The number of halogens is 2. The highest BCUT2D eigenvalue weighted by atomic mass is 35.5. The second-order valence-corrected chi connectivity index (χ2v) is 9.63. The molecule has 1 aliphatic carbocycles. The Bertz CT molecular complexity index is 1380. The number of carbonyl (C=O) groups excluding carboxylic acids is 2. The second kappa shape index (κ2) is 10.5. The molecule has 0 aliphatic heterocycles. The summed E-state index contributed by atoms with van der Waals surface area (Å²) in [4.78, 5) is 33.4. The standard InChI is InChI=1S/C29H27ClFN3O2/c30-22-11-9-20(10-12-22)18-33(16-15-21-17-32-27-8-4-2-5-24(21)27)28(35)19-34(23-13-14-23)29(36)25-6-1-3-7-26(25)31/h1-12,17,23,32H,13-16,18-19H2. The van der Waals surface area contributed by atoms with Crippen LogP contribution >= 0.6 is 11.6 Å². The van der Waals surface area contributed by atoms with E-state index in [1.54, 1.807) is 29.2 Å². The fourth-order valence-corrected chi connectivity index (χ4v) is 4.61. The molecule has 0 unspecified atom stereocenters. The van der Waals surface area contributed by atoms with E-state index in [0.717, 1.165) is 34.9 Å². The molecule has 1 fully saturated rings. The Labute approximate surface area is 214 Å². The average molecular weight is 504 g/mol. The maximum Gasteiger partial charge on any atom is 0.257 e. The number of rotatable bonds is 9. The van der Waals surface area contributed by atoms with Gasteiger partial charge in [-0.1, -0.05) is 54.1 Å². The largest absolute Gasteiger partial charge is 0.361 e. The van der Waals surface area contributed by atoms with Gasteiger partial charge in [-0.05, 0) is 60.7 Å². The Morgan fingerprint density at radius 2 is 1.69 bits per heavy atom. The smallest absolute Gasteiger partial charge is 0.257 e. The van der Waals surface area contributed by atoms with Crippen LogP contribution in [0.2, 0.25) is 5.02 Å². The SMILES string of the molecule is O=C(CN(C(=O)c1ccccc1F)C1CC1)N(CCc1c[nH]c2ccccc12)Cc1ccc(Cl)cc1. The summed E-state index contributed by atoms with van der Waals surface area (Å²) in [5.41, 5.74) is 3.13. The molecule has 1 heterocycles. The quantitative estimate of drug-likeness (QED) is 0.312. The van der Waals surface area contributed by atoms with Crippen LogP contribution in [-0.2, 0) is 17.8 Å². The van der Waals surface area contributed by atoms with Crippen LogP contribution in [0.25, 0.3) is 10.9 Å². The summed E-state index contributed by atoms with van der Waals surface area (Å²) >= 11 is 6.05. The van der Waals surface area contributed by atoms with E-state index in [9.17, 15) is 14.0 Å². The van der Waals surface area contributed by atoms with Crippen molar-refractivity contribution in [1.82, 2.24) is 14.8 Å². The minimum Gasteiger partial charge on any atom is -0.361 e. The first-order valence-electron chi connectivity index (χ1n) is 12.1. The zero-order valence-corrected chi connectivity index (χ0v) is 20.5. The van der Waals surface area contributed by atoms with E-state index in [4.69, 9.17) is 11.6 Å². The Balaban J connectivity index is 1.36. The summed E-state index contributed by atoms with van der Waals surface area (Å²) in [6.45, 7) is 0.791. The van der Waals surface area contributed by atoms with Gasteiger partial charge in [0.25, 0.3) is 5.91 Å². The maximum atomic E-state index is 14.3. The van der Waals surface area contributed by atoms with Gasteiger partial charge < -0.3 is 14.8 Å². The highest BCUT2D eigenvalue weighted by molar-refractivity contribution is 6.30. The zero-order valence-electron chi connectivity index (χ0n) is 19.8. The molecule has 7 heteroatoms. The summed E-state index contributed by atoms with van der Waals surface area (Å²) in [6.07, 6.45) is 4.28. The van der Waals surface area contributed by atoms with Crippen LogP contribution < -0.4 is 0 Å². The van der Waals surface area contributed by atoms with Crippen LogP contribution in [0.1, 0.15) is 34.3 Å². The molecule has 1 saturated carbocycles. The van der Waals surface area contributed by atoms with E-state index in [2.05, 4.69) is 11.1 Å². The molecule has 0 bridgehead atoms. The monoisotopic (exact) mass is 503 g/mol. The number of hydrogen-bond acceptors (Lipinski definition) is 2. The van der Waals surface area contributed by atoms with Crippen molar-refractivity contribution in [2.75, 3.05) is 13.1 Å². The van der Waals surface area contributed by atoms with Gasteiger partial charge in [-0.25, -0.2) is 4.39 Å². The van der Waals surface area contributed by atoms with Crippen molar-refractivity contribution in [1.29, 1.82) is 0 Å². The number of aromatic amines is 1. The molecule has 2 amide bonds. The minimum atomic E-state index is -0.571. The van der Waals surface area contributed by atoms with Crippen LogP contribution in [0.3, 0.4) is 0 Å². The number of nitrogens with zero attached hydrogens (tertiary/aromatic N) is 2. The van der Waals surface area contributed by atoms with Crippen molar-refractivity contribution >= 4 is 34.3 Å². The Morgan fingerprint density at radius 1 is 0.972 bits per heavy atom. The van der Waals surface area contributed by atoms with Crippen LogP contribution in [0.15, 0.2) is 79.0 Å². The molecular formula is C29H27ClFN3O2. The molecule has 5 rings (SSSR count). The van der Waals surface area contributed by atoms with Crippen molar-refractivity contribution in [3.8, 4) is 0 Å². The first-order chi connectivity index (χ1) is 17.5. The van der Waals surface area contributed by atoms with Crippen LogP contribution in [0, 0.1) is 5.82 Å². The van der Waals surface area contributed by atoms with Crippen LogP contribution in [0.4, 0.5) is 4.39 Å². The molecule has 0 saturated heterocycles. The predicted molar refractivity (Wildman–Crippen MR) is 139 cm³/mol. The number of benzene rings is 3. The summed E-state index contributed by atoms with van der Waals surface area (Å²) in [6, 6.07) is 21.4. The third-order valence-corrected chi connectivity index (χ3v) is 6.88. The molecule has 1 N–H and O–H groups in total. The van der Waals surface area contributed by atoms with Crippen molar-refractivity contribution < 1.29 is 14.0 Å². The van der Waals surface area contributed by atoms with Gasteiger partial charge in [0.2, 0.25) is 5.91 Å². The Kier molecular flexibility index (Phi) is 7.05. The highest BCUT2D eigenvalue weighted by Gasteiger charge is 2.36. The molecule has 1 aromatic heterocycles. The first-order valence-corrected chi connectivity index (χ1v) is 12.5. The third kappa shape index (κ3) is 5.44. The average Bonchev–Trinajstić information content (AvgIpc) is 3.65. The number of H-pyrrole nitrogens is 1. The van der Waals surface area contributed by atoms with Crippen molar-refractivity contribution in [3.63, 3.8) is 0 Å². The fraction of sp³-hybridized carbons (Fsp3) is 0.241. The van der Waals surface area contributed by atoms with E-state index in [-0.39, 0.29) is 24.1 Å². The van der Waals surface area contributed by atoms with Gasteiger partial charge in [-0.2, -0.15) is 0 Å². The number of fused-ring (bicyclic) bond motifs is 1. The molecule has 3 aromatic carbocycles. The number of carbonyl (C=O) groups is 2. The lowest BCUT2D eigenvalue weighted by molar-refractivity contribution is -0.132. The highest BCUT2D eigenvalue weighted by Crippen LogP contribution is 2.29. The molecule has 0 spiro atoms. The molecule has 5 nitrogen and oxygen atoms in total. The number of amides is 2. The topological polar surface area (TPSA) is 56.4 Å². The first kappa shape index (κ1) is 24.1. The van der Waals surface area contributed by atoms with Gasteiger partial charge in [0, 0.05) is 41.3 Å². The van der Waals surface area contributed by atoms with E-state index in [0.29, 0.717) is 24.5 Å². The van der Waals surface area contributed by atoms with E-state index < -0.39 is 11.7 Å².